The van der Waals surface area contributed by atoms with Crippen LogP contribution in [0, 0.1) is 0 Å². The molecular formula is C19H26ClN5O4S. The fraction of sp³-hybridized carbons (Fsp3) is 0.474. The summed E-state index contributed by atoms with van der Waals surface area (Å²) in [6.45, 7) is 3.78. The fourth-order valence-electron chi connectivity index (χ4n) is 3.38. The highest BCUT2D eigenvalue weighted by Gasteiger charge is 2.30. The van der Waals surface area contributed by atoms with Gasteiger partial charge in [0.1, 0.15) is 6.10 Å². The van der Waals surface area contributed by atoms with Crippen LogP contribution >= 0.6 is 11.6 Å². The molecular weight excluding hydrogens is 430 g/mol. The number of hydrogen-bond donors (Lipinski definition) is 4. The maximum absolute atomic E-state index is 11.8. The highest BCUT2D eigenvalue weighted by molar-refractivity contribution is 7.92. The molecule has 2 unspecified atom stereocenters. The van der Waals surface area contributed by atoms with E-state index in [1.807, 2.05) is 19.9 Å². The minimum absolute atomic E-state index is 0.0423. The van der Waals surface area contributed by atoms with Crippen molar-refractivity contribution < 1.29 is 17.9 Å². The summed E-state index contributed by atoms with van der Waals surface area (Å²) >= 11 is 6.16. The second-order valence-corrected chi connectivity index (χ2v) is 9.89. The smallest absolute Gasteiger partial charge is 0.407 e. The Morgan fingerprint density at radius 1 is 1.30 bits per heavy atom. The molecule has 4 N–H and O–H groups in total. The number of halogens is 1. The van der Waals surface area contributed by atoms with Gasteiger partial charge in [-0.15, -0.1) is 0 Å². The first kappa shape index (κ1) is 22.2. The molecule has 9 nitrogen and oxygen atoms in total. The molecule has 0 aliphatic heterocycles. The summed E-state index contributed by atoms with van der Waals surface area (Å²) in [4.78, 5) is 11.8. The minimum atomic E-state index is -3.40. The van der Waals surface area contributed by atoms with Crippen molar-refractivity contribution in [3.8, 4) is 0 Å². The molecule has 0 radical (unpaired) electrons. The summed E-state index contributed by atoms with van der Waals surface area (Å²) in [7, 11) is -3.40. The molecule has 1 aliphatic rings. The molecule has 1 heterocycles. The number of hydrogen-bond acceptors (Lipinski definition) is 6. The summed E-state index contributed by atoms with van der Waals surface area (Å²) < 4.78 is 30.5. The van der Waals surface area contributed by atoms with E-state index < -0.39 is 10.0 Å². The van der Waals surface area contributed by atoms with Crippen molar-refractivity contribution in [2.45, 2.75) is 51.2 Å². The first-order valence-electron chi connectivity index (χ1n) is 9.66. The normalized spacial score (nSPS) is 19.0. The second kappa shape index (κ2) is 9.13. The van der Waals surface area contributed by atoms with Crippen LogP contribution in [0.3, 0.4) is 0 Å². The van der Waals surface area contributed by atoms with Crippen LogP contribution in [0.2, 0.25) is 5.02 Å². The zero-order chi connectivity index (χ0) is 21.9. The van der Waals surface area contributed by atoms with E-state index in [1.165, 1.54) is 0 Å². The number of anilines is 3. The topological polar surface area (TPSA) is 125 Å². The lowest BCUT2D eigenvalue weighted by molar-refractivity contribution is 0.0981. The quantitative estimate of drug-likeness (QED) is 0.501. The Balaban J connectivity index is 1.58. The van der Waals surface area contributed by atoms with E-state index in [0.29, 0.717) is 17.2 Å². The van der Waals surface area contributed by atoms with E-state index in [9.17, 15) is 13.2 Å². The number of amides is 1. The Labute approximate surface area is 181 Å². The first-order chi connectivity index (χ1) is 14.1. The van der Waals surface area contributed by atoms with Crippen molar-refractivity contribution >= 4 is 44.9 Å². The zero-order valence-electron chi connectivity index (χ0n) is 17.0. The van der Waals surface area contributed by atoms with Crippen molar-refractivity contribution in [2.75, 3.05) is 16.3 Å². The van der Waals surface area contributed by atoms with Gasteiger partial charge in [0.2, 0.25) is 10.0 Å². The maximum atomic E-state index is 11.8. The van der Waals surface area contributed by atoms with E-state index in [0.717, 1.165) is 31.2 Å². The van der Waals surface area contributed by atoms with Crippen LogP contribution in [-0.4, -0.2) is 43.1 Å². The second-order valence-electron chi connectivity index (χ2n) is 7.74. The minimum Gasteiger partial charge on any atom is -0.446 e. The number of rotatable bonds is 7. The van der Waals surface area contributed by atoms with Crippen LogP contribution in [-0.2, 0) is 14.8 Å². The average Bonchev–Trinajstić information content (AvgIpc) is 3.25. The third-order valence-corrected chi connectivity index (χ3v) is 5.54. The first-order valence-corrected chi connectivity index (χ1v) is 11.9. The molecule has 1 aliphatic carbocycles. The number of sulfonamides is 1. The molecule has 1 saturated carbocycles. The lowest BCUT2D eigenvalue weighted by atomic mass is 10.0. The Bertz CT molecular complexity index is 1010. The highest BCUT2D eigenvalue weighted by Crippen LogP contribution is 2.36. The van der Waals surface area contributed by atoms with Crippen LogP contribution in [0.4, 0.5) is 22.0 Å². The van der Waals surface area contributed by atoms with Crippen LogP contribution in [0.1, 0.15) is 44.7 Å². The van der Waals surface area contributed by atoms with Gasteiger partial charge >= 0.3 is 6.09 Å². The maximum Gasteiger partial charge on any atom is 0.407 e. The molecule has 2 aromatic rings. The van der Waals surface area contributed by atoms with Gasteiger partial charge in [-0.2, -0.15) is 5.10 Å². The Hall–Kier alpha value is -2.46. The standard InChI is InChI=1S/C19H26ClN5O4S/c1-11(2)21-19(26)29-14-6-4-12(8-14)17-10-18(24-23-17)22-13-5-7-16(15(20)9-13)25-30(3,27)28/h5,7,9-12,14,25H,4,6,8H2,1-3H3,(H,21,26)(H2,22,23,24). The molecule has 11 heteroatoms. The van der Waals surface area contributed by atoms with Crippen LogP contribution in [0.5, 0.6) is 0 Å². The van der Waals surface area contributed by atoms with E-state index >= 15 is 0 Å². The third kappa shape index (κ3) is 6.27. The molecule has 1 amide bonds. The molecule has 30 heavy (non-hydrogen) atoms. The van der Waals surface area contributed by atoms with Crippen LogP contribution in [0.15, 0.2) is 24.3 Å². The summed E-state index contributed by atoms with van der Waals surface area (Å²) in [6.07, 6.45) is 3.03. The van der Waals surface area contributed by atoms with E-state index in [2.05, 4.69) is 25.6 Å². The largest absolute Gasteiger partial charge is 0.446 e. The number of alkyl carbamates (subject to hydrolysis) is 1. The molecule has 164 valence electrons. The molecule has 1 aromatic heterocycles. The predicted molar refractivity (Wildman–Crippen MR) is 117 cm³/mol. The number of carbonyl (C=O) groups is 1. The Kier molecular flexibility index (Phi) is 6.77. The van der Waals surface area contributed by atoms with Crippen LogP contribution < -0.4 is 15.4 Å². The van der Waals surface area contributed by atoms with E-state index in [-0.39, 0.29) is 29.2 Å². The van der Waals surface area contributed by atoms with Gasteiger partial charge in [-0.1, -0.05) is 11.6 Å². The summed E-state index contributed by atoms with van der Waals surface area (Å²) in [6, 6.07) is 6.87. The van der Waals surface area contributed by atoms with Crippen molar-refractivity contribution in [2.24, 2.45) is 0 Å². The van der Waals surface area contributed by atoms with Crippen molar-refractivity contribution in [1.29, 1.82) is 0 Å². The lowest BCUT2D eigenvalue weighted by Crippen LogP contribution is -2.33. The number of nitrogens with zero attached hydrogens (tertiary/aromatic N) is 1. The Morgan fingerprint density at radius 3 is 2.73 bits per heavy atom. The van der Waals surface area contributed by atoms with Crippen molar-refractivity contribution in [1.82, 2.24) is 15.5 Å². The van der Waals surface area contributed by atoms with Gasteiger partial charge in [0, 0.05) is 29.4 Å². The fourth-order valence-corrected chi connectivity index (χ4v) is 4.25. The molecule has 1 aromatic carbocycles. The van der Waals surface area contributed by atoms with Gasteiger partial charge < -0.3 is 15.4 Å². The number of benzene rings is 1. The van der Waals surface area contributed by atoms with Crippen molar-refractivity contribution in [3.05, 3.63) is 35.0 Å². The van der Waals surface area contributed by atoms with E-state index in [4.69, 9.17) is 16.3 Å². The number of ether oxygens (including phenoxy) is 1. The number of H-pyrrole nitrogens is 1. The van der Waals surface area contributed by atoms with E-state index in [1.54, 1.807) is 18.2 Å². The number of aromatic nitrogens is 2. The SMILES string of the molecule is CC(C)NC(=O)OC1CCC(c2cc(Nc3ccc(NS(C)(=O)=O)c(Cl)c3)n[nH]2)C1. The van der Waals surface area contributed by atoms with Gasteiger partial charge in [0.25, 0.3) is 0 Å². The highest BCUT2D eigenvalue weighted by atomic mass is 35.5. The van der Waals surface area contributed by atoms with Gasteiger partial charge in [0.05, 0.1) is 17.0 Å². The molecule has 0 saturated heterocycles. The predicted octanol–water partition coefficient (Wildman–Crippen LogP) is 3.95. The van der Waals surface area contributed by atoms with Gasteiger partial charge in [-0.3, -0.25) is 9.82 Å². The molecule has 1 fully saturated rings. The number of nitrogens with one attached hydrogen (secondary N) is 4. The number of carbonyl (C=O) groups excluding carboxylic acids is 1. The summed E-state index contributed by atoms with van der Waals surface area (Å²) in [5.74, 6) is 0.849. The summed E-state index contributed by atoms with van der Waals surface area (Å²) in [5.41, 5.74) is 1.95. The molecule has 0 spiro atoms. The monoisotopic (exact) mass is 455 g/mol. The van der Waals surface area contributed by atoms with Crippen molar-refractivity contribution in [3.63, 3.8) is 0 Å². The number of aromatic amines is 1. The van der Waals surface area contributed by atoms with Gasteiger partial charge in [-0.25, -0.2) is 13.2 Å². The summed E-state index contributed by atoms with van der Waals surface area (Å²) in [5, 5.41) is 13.5. The molecule has 0 bridgehead atoms. The zero-order valence-corrected chi connectivity index (χ0v) is 18.6. The van der Waals surface area contributed by atoms with Gasteiger partial charge in [0.15, 0.2) is 5.82 Å². The average molecular weight is 456 g/mol. The molecule has 2 atom stereocenters. The lowest BCUT2D eigenvalue weighted by Gasteiger charge is -2.14. The van der Waals surface area contributed by atoms with Crippen LogP contribution in [0.25, 0.3) is 0 Å². The van der Waals surface area contributed by atoms with Gasteiger partial charge in [-0.05, 0) is 51.3 Å². The third-order valence-electron chi connectivity index (χ3n) is 4.64. The molecule has 3 rings (SSSR count). The Morgan fingerprint density at radius 2 is 2.07 bits per heavy atom.